The van der Waals surface area contributed by atoms with E-state index in [1.54, 1.807) is 31.4 Å². The summed E-state index contributed by atoms with van der Waals surface area (Å²) >= 11 is 5.66. The average molecular weight is 318 g/mol. The Bertz CT molecular complexity index is 533. The summed E-state index contributed by atoms with van der Waals surface area (Å²) in [5, 5.41) is 0. The quantitative estimate of drug-likeness (QED) is 0.785. The second-order valence-electron chi connectivity index (χ2n) is 5.15. The fourth-order valence-corrected chi connectivity index (χ4v) is 3.61. The maximum absolute atomic E-state index is 12.2. The molecular formula is C14H20ClNO3S. The van der Waals surface area contributed by atoms with Gasteiger partial charge in [0, 0.05) is 19.5 Å². The highest BCUT2D eigenvalue weighted by molar-refractivity contribution is 7.89. The second kappa shape index (κ2) is 6.43. The third kappa shape index (κ3) is 3.52. The first-order valence-corrected chi connectivity index (χ1v) is 8.73. The van der Waals surface area contributed by atoms with E-state index in [0.717, 1.165) is 31.2 Å². The molecule has 112 valence electrons. The number of sulfonamides is 1. The van der Waals surface area contributed by atoms with E-state index in [9.17, 15) is 8.42 Å². The molecule has 0 spiro atoms. The number of aryl methyl sites for hydroxylation is 1. The molecule has 0 aliphatic heterocycles. The van der Waals surface area contributed by atoms with Crippen LogP contribution in [0.1, 0.15) is 24.8 Å². The van der Waals surface area contributed by atoms with Crippen LogP contribution in [-0.2, 0) is 21.2 Å². The molecule has 6 heteroatoms. The summed E-state index contributed by atoms with van der Waals surface area (Å²) in [6.07, 6.45) is 3.63. The van der Waals surface area contributed by atoms with Crippen LogP contribution in [0.15, 0.2) is 29.2 Å². The zero-order valence-corrected chi connectivity index (χ0v) is 13.1. The van der Waals surface area contributed by atoms with Crippen molar-refractivity contribution < 1.29 is 13.2 Å². The Hall–Kier alpha value is -0.620. The number of alkyl halides is 1. The van der Waals surface area contributed by atoms with Gasteiger partial charge in [0.25, 0.3) is 0 Å². The molecule has 20 heavy (non-hydrogen) atoms. The van der Waals surface area contributed by atoms with Gasteiger partial charge in [0.1, 0.15) is 0 Å². The lowest BCUT2D eigenvalue weighted by Gasteiger charge is -2.40. The molecule has 0 unspecified atom stereocenters. The fraction of sp³-hybridized carbons (Fsp3) is 0.571. The minimum atomic E-state index is -3.47. The molecule has 0 atom stereocenters. The molecule has 4 nitrogen and oxygen atoms in total. The first-order valence-electron chi connectivity index (χ1n) is 6.71. The molecule has 0 saturated heterocycles. The van der Waals surface area contributed by atoms with E-state index in [1.165, 1.54) is 0 Å². The minimum absolute atomic E-state index is 0.279. The van der Waals surface area contributed by atoms with Crippen LogP contribution in [0.4, 0.5) is 0 Å². The molecule has 2 rings (SSSR count). The second-order valence-corrected chi connectivity index (χ2v) is 7.29. The first kappa shape index (κ1) is 15.8. The molecular weight excluding hydrogens is 298 g/mol. The fourth-order valence-electron chi connectivity index (χ4n) is 2.28. The highest BCUT2D eigenvalue weighted by atomic mass is 35.5. The van der Waals surface area contributed by atoms with Gasteiger partial charge in [0.15, 0.2) is 0 Å². The number of methoxy groups -OCH3 is 1. The van der Waals surface area contributed by atoms with Gasteiger partial charge in [-0.1, -0.05) is 12.1 Å². The van der Waals surface area contributed by atoms with Crippen molar-refractivity contribution in [3.05, 3.63) is 29.8 Å². The van der Waals surface area contributed by atoms with Crippen LogP contribution in [0.3, 0.4) is 0 Å². The molecule has 1 aromatic carbocycles. The minimum Gasteiger partial charge on any atom is -0.377 e. The third-order valence-corrected chi connectivity index (χ3v) is 5.51. The van der Waals surface area contributed by atoms with Crippen molar-refractivity contribution in [2.45, 2.75) is 36.2 Å². The van der Waals surface area contributed by atoms with E-state index in [1.807, 2.05) is 0 Å². The SMILES string of the molecule is COC1(CNS(=O)(=O)c2ccc(CCCl)cc2)CCC1. The maximum Gasteiger partial charge on any atom is 0.240 e. The van der Waals surface area contributed by atoms with Gasteiger partial charge in [0.2, 0.25) is 10.0 Å². The molecule has 1 aliphatic rings. The van der Waals surface area contributed by atoms with Gasteiger partial charge in [-0.2, -0.15) is 0 Å². The van der Waals surface area contributed by atoms with Crippen LogP contribution in [0.25, 0.3) is 0 Å². The molecule has 0 radical (unpaired) electrons. The van der Waals surface area contributed by atoms with Crippen LogP contribution >= 0.6 is 11.6 Å². The molecule has 1 fully saturated rings. The van der Waals surface area contributed by atoms with Gasteiger partial charge in [-0.05, 0) is 43.4 Å². The van der Waals surface area contributed by atoms with Crippen LogP contribution in [0.5, 0.6) is 0 Å². The van der Waals surface area contributed by atoms with Crippen LogP contribution < -0.4 is 4.72 Å². The van der Waals surface area contributed by atoms with E-state index < -0.39 is 10.0 Å². The summed E-state index contributed by atoms with van der Waals surface area (Å²) in [4.78, 5) is 0.279. The van der Waals surface area contributed by atoms with Crippen molar-refractivity contribution in [1.29, 1.82) is 0 Å². The molecule has 0 heterocycles. The zero-order valence-electron chi connectivity index (χ0n) is 11.6. The van der Waals surface area contributed by atoms with Crippen molar-refractivity contribution >= 4 is 21.6 Å². The summed E-state index contributed by atoms with van der Waals surface area (Å²) in [5.74, 6) is 0.528. The Morgan fingerprint density at radius 2 is 1.95 bits per heavy atom. The third-order valence-electron chi connectivity index (χ3n) is 3.90. The van der Waals surface area contributed by atoms with E-state index in [-0.39, 0.29) is 10.5 Å². The molecule has 1 saturated carbocycles. The van der Waals surface area contributed by atoms with Crippen LogP contribution in [0.2, 0.25) is 0 Å². The summed E-state index contributed by atoms with van der Waals surface area (Å²) in [5.41, 5.74) is 0.720. The maximum atomic E-state index is 12.2. The zero-order chi connectivity index (χ0) is 14.6. The van der Waals surface area contributed by atoms with Crippen molar-refractivity contribution in [2.75, 3.05) is 19.5 Å². The lowest BCUT2D eigenvalue weighted by molar-refractivity contribution is -0.0659. The van der Waals surface area contributed by atoms with Gasteiger partial charge in [0.05, 0.1) is 10.5 Å². The number of ether oxygens (including phenoxy) is 1. The number of nitrogens with one attached hydrogen (secondary N) is 1. The largest absolute Gasteiger partial charge is 0.377 e. The Morgan fingerprint density at radius 1 is 1.30 bits per heavy atom. The summed E-state index contributed by atoms with van der Waals surface area (Å²) in [6.45, 7) is 0.329. The van der Waals surface area contributed by atoms with Crippen molar-refractivity contribution in [1.82, 2.24) is 4.72 Å². The molecule has 0 amide bonds. The van der Waals surface area contributed by atoms with Crippen molar-refractivity contribution in [3.8, 4) is 0 Å². The Morgan fingerprint density at radius 3 is 2.40 bits per heavy atom. The van der Waals surface area contributed by atoms with Crippen molar-refractivity contribution in [2.24, 2.45) is 0 Å². The van der Waals surface area contributed by atoms with Crippen LogP contribution in [0, 0.1) is 0 Å². The highest BCUT2D eigenvalue weighted by Crippen LogP contribution is 2.34. The van der Waals surface area contributed by atoms with E-state index >= 15 is 0 Å². The molecule has 1 aliphatic carbocycles. The molecule has 0 aromatic heterocycles. The predicted octanol–water partition coefficient (Wildman–Crippen LogP) is 2.32. The van der Waals surface area contributed by atoms with Gasteiger partial charge < -0.3 is 4.74 Å². The molecule has 1 N–H and O–H groups in total. The number of benzene rings is 1. The lowest BCUT2D eigenvalue weighted by atomic mass is 9.80. The van der Waals surface area contributed by atoms with Crippen molar-refractivity contribution in [3.63, 3.8) is 0 Å². The van der Waals surface area contributed by atoms with E-state index in [0.29, 0.717) is 12.4 Å². The van der Waals surface area contributed by atoms with Gasteiger partial charge >= 0.3 is 0 Å². The van der Waals surface area contributed by atoms with Gasteiger partial charge in [-0.3, -0.25) is 0 Å². The monoisotopic (exact) mass is 317 g/mol. The summed E-state index contributed by atoms with van der Waals surface area (Å²) in [6, 6.07) is 6.83. The standard InChI is InChI=1S/C14H20ClNO3S/c1-19-14(8-2-9-14)11-16-20(17,18)13-5-3-12(4-6-13)7-10-15/h3-6,16H,2,7-11H2,1H3. The normalized spacial score (nSPS) is 17.7. The predicted molar refractivity (Wildman–Crippen MR) is 79.6 cm³/mol. The summed E-state index contributed by atoms with van der Waals surface area (Å²) in [7, 11) is -1.84. The van der Waals surface area contributed by atoms with E-state index in [4.69, 9.17) is 16.3 Å². The van der Waals surface area contributed by atoms with Gasteiger partial charge in [-0.25, -0.2) is 13.1 Å². The highest BCUT2D eigenvalue weighted by Gasteiger charge is 2.37. The average Bonchev–Trinajstić information content (AvgIpc) is 2.39. The molecule has 0 bridgehead atoms. The number of hydrogen-bond acceptors (Lipinski definition) is 3. The Balaban J connectivity index is 2.02. The number of rotatable bonds is 7. The summed E-state index contributed by atoms with van der Waals surface area (Å²) < 4.78 is 32.5. The first-order chi connectivity index (χ1) is 9.51. The smallest absolute Gasteiger partial charge is 0.240 e. The lowest BCUT2D eigenvalue weighted by Crippen LogP contribution is -2.49. The molecule has 1 aromatic rings. The van der Waals surface area contributed by atoms with Gasteiger partial charge in [-0.15, -0.1) is 11.6 Å². The number of hydrogen-bond donors (Lipinski definition) is 1. The number of halogens is 1. The Labute approximate surface area is 125 Å². The van der Waals surface area contributed by atoms with Crippen LogP contribution in [-0.4, -0.2) is 33.6 Å². The Kier molecular flexibility index (Phi) is 5.07. The van der Waals surface area contributed by atoms with E-state index in [2.05, 4.69) is 4.72 Å². The topological polar surface area (TPSA) is 55.4 Å².